The maximum absolute atomic E-state index is 9.08. The minimum Gasteiger partial charge on any atom is -0.303 e. The van der Waals surface area contributed by atoms with Gasteiger partial charge in [-0.05, 0) is 45.7 Å². The number of rotatable bonds is 7. The number of hydrogen-bond acceptors (Lipinski definition) is 3. The van der Waals surface area contributed by atoms with Crippen LogP contribution in [0.3, 0.4) is 0 Å². The third-order valence-electron chi connectivity index (χ3n) is 3.91. The first kappa shape index (κ1) is 13.5. The van der Waals surface area contributed by atoms with Gasteiger partial charge in [0, 0.05) is 13.1 Å². The molecule has 3 heteroatoms. The highest BCUT2D eigenvalue weighted by Crippen LogP contribution is 2.27. The highest BCUT2D eigenvalue weighted by molar-refractivity contribution is 5.03. The summed E-state index contributed by atoms with van der Waals surface area (Å²) < 4.78 is 0. The second kappa shape index (κ2) is 6.22. The first-order valence-electron chi connectivity index (χ1n) is 6.46. The van der Waals surface area contributed by atoms with Gasteiger partial charge in [0.1, 0.15) is 5.54 Å². The molecule has 0 spiro atoms. The molecule has 1 aliphatic carbocycles. The van der Waals surface area contributed by atoms with E-state index in [2.05, 4.69) is 23.2 Å². The third-order valence-corrected chi connectivity index (χ3v) is 3.91. The average molecular weight is 223 g/mol. The predicted octanol–water partition coefficient (Wildman–Crippen LogP) is 2.00. The maximum Gasteiger partial charge on any atom is 0.104 e. The van der Waals surface area contributed by atoms with Crippen LogP contribution in [-0.4, -0.2) is 37.1 Å². The van der Waals surface area contributed by atoms with E-state index in [1.807, 2.05) is 14.0 Å². The van der Waals surface area contributed by atoms with Crippen LogP contribution in [0.1, 0.15) is 39.5 Å². The van der Waals surface area contributed by atoms with E-state index in [0.717, 1.165) is 25.4 Å². The van der Waals surface area contributed by atoms with Crippen LogP contribution in [0.4, 0.5) is 0 Å². The van der Waals surface area contributed by atoms with Crippen molar-refractivity contribution in [3.63, 3.8) is 0 Å². The summed E-state index contributed by atoms with van der Waals surface area (Å²) in [4.78, 5) is 2.48. The number of nitrogens with one attached hydrogen (secondary N) is 1. The van der Waals surface area contributed by atoms with E-state index < -0.39 is 0 Å². The lowest BCUT2D eigenvalue weighted by molar-refractivity contribution is 0.174. The molecule has 1 rings (SSSR count). The monoisotopic (exact) mass is 223 g/mol. The normalized spacial score (nSPS) is 20.2. The Hall–Kier alpha value is -0.590. The minimum absolute atomic E-state index is 0.368. The summed E-state index contributed by atoms with van der Waals surface area (Å²) in [6.07, 6.45) is 5.12. The number of nitriles is 1. The average Bonchev–Trinajstić information content (AvgIpc) is 2.26. The van der Waals surface area contributed by atoms with Crippen LogP contribution in [0.2, 0.25) is 0 Å². The van der Waals surface area contributed by atoms with Crippen molar-refractivity contribution < 1.29 is 0 Å². The van der Waals surface area contributed by atoms with E-state index in [4.69, 9.17) is 5.26 Å². The van der Waals surface area contributed by atoms with Crippen LogP contribution in [-0.2, 0) is 0 Å². The minimum atomic E-state index is -0.368. The SMILES string of the molecule is CCN(CCC(C)(C#N)NC)CC1CCC1. The highest BCUT2D eigenvalue weighted by Gasteiger charge is 2.24. The lowest BCUT2D eigenvalue weighted by Crippen LogP contribution is -2.43. The Morgan fingerprint density at radius 2 is 2.19 bits per heavy atom. The molecule has 1 aliphatic rings. The fourth-order valence-electron chi connectivity index (χ4n) is 2.04. The Labute approximate surface area is 99.8 Å². The van der Waals surface area contributed by atoms with E-state index in [1.54, 1.807) is 0 Å². The van der Waals surface area contributed by atoms with Crippen LogP contribution in [0, 0.1) is 17.2 Å². The molecular formula is C13H25N3. The van der Waals surface area contributed by atoms with Crippen molar-refractivity contribution in [3.05, 3.63) is 0 Å². The van der Waals surface area contributed by atoms with E-state index in [0.29, 0.717) is 0 Å². The molecule has 0 bridgehead atoms. The Morgan fingerprint density at radius 3 is 2.56 bits per heavy atom. The molecule has 1 saturated carbocycles. The van der Waals surface area contributed by atoms with Crippen LogP contribution in [0.25, 0.3) is 0 Å². The Kier molecular flexibility index (Phi) is 5.24. The van der Waals surface area contributed by atoms with Crippen LogP contribution >= 0.6 is 0 Å². The van der Waals surface area contributed by atoms with Crippen molar-refractivity contribution >= 4 is 0 Å². The smallest absolute Gasteiger partial charge is 0.104 e. The first-order chi connectivity index (χ1) is 7.63. The van der Waals surface area contributed by atoms with E-state index in [1.165, 1.54) is 25.8 Å². The molecule has 0 aromatic carbocycles. The van der Waals surface area contributed by atoms with Gasteiger partial charge in [0.15, 0.2) is 0 Å². The summed E-state index contributed by atoms with van der Waals surface area (Å²) in [7, 11) is 1.87. The summed E-state index contributed by atoms with van der Waals surface area (Å²) in [6.45, 7) is 7.54. The zero-order valence-corrected chi connectivity index (χ0v) is 10.9. The molecule has 0 aromatic rings. The van der Waals surface area contributed by atoms with Crippen LogP contribution in [0.15, 0.2) is 0 Å². The van der Waals surface area contributed by atoms with Gasteiger partial charge >= 0.3 is 0 Å². The van der Waals surface area contributed by atoms with Crippen molar-refractivity contribution in [3.8, 4) is 6.07 Å². The van der Waals surface area contributed by atoms with Gasteiger partial charge < -0.3 is 10.2 Å². The van der Waals surface area contributed by atoms with Crippen molar-refractivity contribution in [1.82, 2.24) is 10.2 Å². The zero-order valence-electron chi connectivity index (χ0n) is 10.9. The summed E-state index contributed by atoms with van der Waals surface area (Å²) in [5, 5.41) is 12.2. The molecule has 0 heterocycles. The molecule has 1 fully saturated rings. The van der Waals surface area contributed by atoms with E-state index in [9.17, 15) is 0 Å². The molecule has 1 atom stereocenters. The molecule has 1 unspecified atom stereocenters. The molecular weight excluding hydrogens is 198 g/mol. The first-order valence-corrected chi connectivity index (χ1v) is 6.46. The van der Waals surface area contributed by atoms with E-state index in [-0.39, 0.29) is 5.54 Å². The molecule has 16 heavy (non-hydrogen) atoms. The van der Waals surface area contributed by atoms with Crippen molar-refractivity contribution in [2.75, 3.05) is 26.7 Å². The molecule has 3 nitrogen and oxygen atoms in total. The van der Waals surface area contributed by atoms with Gasteiger partial charge in [0.2, 0.25) is 0 Å². The molecule has 0 radical (unpaired) electrons. The molecule has 0 aliphatic heterocycles. The highest BCUT2D eigenvalue weighted by atomic mass is 15.1. The third kappa shape index (κ3) is 3.77. The zero-order chi connectivity index (χ0) is 12.0. The Bertz CT molecular complexity index is 242. The molecule has 0 aromatic heterocycles. The van der Waals surface area contributed by atoms with Gasteiger partial charge in [-0.25, -0.2) is 0 Å². The second-order valence-corrected chi connectivity index (χ2v) is 5.13. The number of nitrogens with zero attached hydrogens (tertiary/aromatic N) is 2. The summed E-state index contributed by atoms with van der Waals surface area (Å²) in [5.41, 5.74) is -0.368. The summed E-state index contributed by atoms with van der Waals surface area (Å²) in [6, 6.07) is 2.35. The topological polar surface area (TPSA) is 39.1 Å². The number of hydrogen-bond donors (Lipinski definition) is 1. The predicted molar refractivity (Wildman–Crippen MR) is 67.1 cm³/mol. The van der Waals surface area contributed by atoms with Crippen molar-refractivity contribution in [2.24, 2.45) is 5.92 Å². The van der Waals surface area contributed by atoms with E-state index >= 15 is 0 Å². The lowest BCUT2D eigenvalue weighted by atomic mass is 9.85. The summed E-state index contributed by atoms with van der Waals surface area (Å²) >= 11 is 0. The van der Waals surface area contributed by atoms with Gasteiger partial charge in [-0.15, -0.1) is 0 Å². The Morgan fingerprint density at radius 1 is 1.50 bits per heavy atom. The van der Waals surface area contributed by atoms with Gasteiger partial charge in [0.05, 0.1) is 6.07 Å². The van der Waals surface area contributed by atoms with Gasteiger partial charge in [-0.3, -0.25) is 0 Å². The van der Waals surface area contributed by atoms with Crippen molar-refractivity contribution in [2.45, 2.75) is 45.1 Å². The molecule has 92 valence electrons. The fraction of sp³-hybridized carbons (Fsp3) is 0.923. The quantitative estimate of drug-likeness (QED) is 0.717. The standard InChI is InChI=1S/C13H25N3/c1-4-16(10-12-6-5-7-12)9-8-13(2,11-14)15-3/h12,15H,4-10H2,1-3H3. The largest absolute Gasteiger partial charge is 0.303 e. The lowest BCUT2D eigenvalue weighted by Gasteiger charge is -2.33. The Balaban J connectivity index is 2.29. The maximum atomic E-state index is 9.08. The second-order valence-electron chi connectivity index (χ2n) is 5.13. The van der Waals surface area contributed by atoms with Crippen molar-refractivity contribution in [1.29, 1.82) is 5.26 Å². The van der Waals surface area contributed by atoms with Gasteiger partial charge in [0.25, 0.3) is 0 Å². The van der Waals surface area contributed by atoms with Gasteiger partial charge in [-0.1, -0.05) is 13.3 Å². The fourth-order valence-corrected chi connectivity index (χ4v) is 2.04. The summed E-state index contributed by atoms with van der Waals surface area (Å²) in [5.74, 6) is 0.919. The molecule has 0 saturated heterocycles. The molecule has 1 N–H and O–H groups in total. The van der Waals surface area contributed by atoms with Crippen LogP contribution in [0.5, 0.6) is 0 Å². The van der Waals surface area contributed by atoms with Gasteiger partial charge in [-0.2, -0.15) is 5.26 Å². The molecule has 0 amide bonds. The van der Waals surface area contributed by atoms with Crippen LogP contribution < -0.4 is 5.32 Å².